The highest BCUT2D eigenvalue weighted by atomic mass is 35.5. The molecule has 0 amide bonds. The van der Waals surface area contributed by atoms with E-state index in [-0.39, 0.29) is 5.88 Å². The van der Waals surface area contributed by atoms with Crippen molar-refractivity contribution in [2.24, 2.45) is 5.73 Å². The van der Waals surface area contributed by atoms with Gasteiger partial charge in [0.25, 0.3) is 0 Å². The molecule has 0 saturated carbocycles. The Hall–Kier alpha value is -1.79. The highest BCUT2D eigenvalue weighted by molar-refractivity contribution is 6.32. The number of aromatic nitrogens is 1. The Kier molecular flexibility index (Phi) is 4.69. The third-order valence-electron chi connectivity index (χ3n) is 2.71. The Morgan fingerprint density at radius 3 is 2.48 bits per heavy atom. The number of nitrogens with zero attached hydrogens (tertiary/aromatic N) is 1. The largest absolute Gasteiger partial charge is 0.437 e. The molecule has 0 atom stereocenters. The summed E-state index contributed by atoms with van der Waals surface area (Å²) >= 11 is 6.05. The summed E-state index contributed by atoms with van der Waals surface area (Å²) in [7, 11) is 0. The summed E-state index contributed by atoms with van der Waals surface area (Å²) in [6.45, 7) is 0.497. The summed E-state index contributed by atoms with van der Waals surface area (Å²) in [5.74, 6) is 0.362. The van der Waals surface area contributed by atoms with Gasteiger partial charge in [0.1, 0.15) is 5.75 Å². The quantitative estimate of drug-likeness (QED) is 0.925. The van der Waals surface area contributed by atoms with Crippen molar-refractivity contribution in [1.29, 1.82) is 0 Å². The van der Waals surface area contributed by atoms with Crippen molar-refractivity contribution in [2.75, 3.05) is 6.54 Å². The molecular weight excluding hydrogens is 305 g/mol. The number of alkyl halides is 3. The standard InChI is InChI=1S/C14H12ClF3N2O/c15-11-7-9(5-6-19)1-3-12(11)21-13-4-2-10(8-20-13)14(16,17)18/h1-4,7-8H,5-6,19H2. The molecule has 0 fully saturated rings. The van der Waals surface area contributed by atoms with Crippen molar-refractivity contribution in [3.63, 3.8) is 0 Å². The van der Waals surface area contributed by atoms with Crippen LogP contribution in [0, 0.1) is 0 Å². The number of rotatable bonds is 4. The molecule has 2 rings (SSSR count). The maximum atomic E-state index is 12.4. The summed E-state index contributed by atoms with van der Waals surface area (Å²) in [6, 6.07) is 7.17. The summed E-state index contributed by atoms with van der Waals surface area (Å²) < 4.78 is 42.6. The second-order valence-corrected chi connectivity index (χ2v) is 4.70. The van der Waals surface area contributed by atoms with Gasteiger partial charge in [-0.05, 0) is 36.7 Å². The van der Waals surface area contributed by atoms with E-state index in [4.69, 9.17) is 22.1 Å². The predicted molar refractivity (Wildman–Crippen MR) is 73.5 cm³/mol. The summed E-state index contributed by atoms with van der Waals surface area (Å²) in [5, 5.41) is 0.350. The predicted octanol–water partition coefficient (Wildman–Crippen LogP) is 4.05. The molecule has 1 heterocycles. The molecule has 0 aliphatic rings. The Bertz CT molecular complexity index is 615. The van der Waals surface area contributed by atoms with Crippen molar-refractivity contribution in [2.45, 2.75) is 12.6 Å². The molecule has 0 aliphatic heterocycles. The minimum Gasteiger partial charge on any atom is -0.437 e. The fourth-order valence-electron chi connectivity index (χ4n) is 1.67. The van der Waals surface area contributed by atoms with E-state index < -0.39 is 11.7 Å². The molecule has 1 aromatic heterocycles. The topological polar surface area (TPSA) is 48.1 Å². The van der Waals surface area contributed by atoms with Crippen LogP contribution in [-0.2, 0) is 12.6 Å². The number of ether oxygens (including phenoxy) is 1. The number of hydrogen-bond acceptors (Lipinski definition) is 3. The number of benzene rings is 1. The van der Waals surface area contributed by atoms with Gasteiger partial charge in [-0.25, -0.2) is 4.98 Å². The van der Waals surface area contributed by atoms with Gasteiger partial charge in [0.15, 0.2) is 0 Å². The maximum absolute atomic E-state index is 12.4. The molecule has 7 heteroatoms. The zero-order chi connectivity index (χ0) is 15.5. The smallest absolute Gasteiger partial charge is 0.417 e. The first-order valence-electron chi connectivity index (χ1n) is 6.10. The van der Waals surface area contributed by atoms with Crippen molar-refractivity contribution in [3.8, 4) is 11.6 Å². The van der Waals surface area contributed by atoms with Crippen molar-refractivity contribution in [1.82, 2.24) is 4.98 Å². The van der Waals surface area contributed by atoms with Gasteiger partial charge in [-0.3, -0.25) is 0 Å². The Morgan fingerprint density at radius 1 is 1.19 bits per heavy atom. The van der Waals surface area contributed by atoms with E-state index >= 15 is 0 Å². The van der Waals surface area contributed by atoms with Crippen molar-refractivity contribution < 1.29 is 17.9 Å². The number of hydrogen-bond donors (Lipinski definition) is 1. The van der Waals surface area contributed by atoms with Crippen LogP contribution in [0.1, 0.15) is 11.1 Å². The monoisotopic (exact) mass is 316 g/mol. The van der Waals surface area contributed by atoms with Crippen LogP contribution in [0.25, 0.3) is 0 Å². The number of pyridine rings is 1. The van der Waals surface area contributed by atoms with Gasteiger partial charge < -0.3 is 10.5 Å². The molecule has 21 heavy (non-hydrogen) atoms. The van der Waals surface area contributed by atoms with Crippen LogP contribution in [0.2, 0.25) is 5.02 Å². The second kappa shape index (κ2) is 6.32. The fraction of sp³-hybridized carbons (Fsp3) is 0.214. The first kappa shape index (κ1) is 15.6. The normalized spacial score (nSPS) is 11.5. The van der Waals surface area contributed by atoms with Crippen LogP contribution < -0.4 is 10.5 Å². The Labute approximate surface area is 124 Å². The van der Waals surface area contributed by atoms with Gasteiger partial charge in [0.2, 0.25) is 5.88 Å². The molecule has 1 aromatic carbocycles. The van der Waals surface area contributed by atoms with Gasteiger partial charge in [0.05, 0.1) is 10.6 Å². The first-order chi connectivity index (χ1) is 9.90. The van der Waals surface area contributed by atoms with Gasteiger partial charge in [0, 0.05) is 12.3 Å². The highest BCUT2D eigenvalue weighted by Crippen LogP contribution is 2.32. The first-order valence-corrected chi connectivity index (χ1v) is 6.47. The van der Waals surface area contributed by atoms with E-state index in [9.17, 15) is 13.2 Å². The van der Waals surface area contributed by atoms with Gasteiger partial charge >= 0.3 is 6.18 Å². The zero-order valence-electron chi connectivity index (χ0n) is 10.8. The maximum Gasteiger partial charge on any atom is 0.417 e. The molecular formula is C14H12ClF3N2O. The third kappa shape index (κ3) is 4.09. The average molecular weight is 317 g/mol. The zero-order valence-corrected chi connectivity index (χ0v) is 11.6. The van der Waals surface area contributed by atoms with E-state index in [2.05, 4.69) is 4.98 Å². The van der Waals surface area contributed by atoms with Crippen molar-refractivity contribution in [3.05, 3.63) is 52.7 Å². The fourth-order valence-corrected chi connectivity index (χ4v) is 1.91. The SMILES string of the molecule is NCCc1ccc(Oc2ccc(C(F)(F)F)cn2)c(Cl)c1. The number of halogens is 4. The van der Waals surface area contributed by atoms with E-state index in [1.165, 1.54) is 0 Å². The van der Waals surface area contributed by atoms with E-state index in [0.717, 1.165) is 17.7 Å². The van der Waals surface area contributed by atoms with Gasteiger partial charge in [-0.2, -0.15) is 13.2 Å². The highest BCUT2D eigenvalue weighted by Gasteiger charge is 2.30. The lowest BCUT2D eigenvalue weighted by atomic mass is 10.1. The van der Waals surface area contributed by atoms with E-state index in [1.807, 2.05) is 0 Å². The molecule has 0 saturated heterocycles. The van der Waals surface area contributed by atoms with E-state index in [0.29, 0.717) is 29.9 Å². The summed E-state index contributed by atoms with van der Waals surface area (Å²) in [4.78, 5) is 3.62. The number of nitrogens with two attached hydrogens (primary N) is 1. The van der Waals surface area contributed by atoms with Crippen LogP contribution in [-0.4, -0.2) is 11.5 Å². The van der Waals surface area contributed by atoms with Crippen LogP contribution in [0.15, 0.2) is 36.5 Å². The molecule has 0 unspecified atom stereocenters. The minimum atomic E-state index is -4.42. The lowest BCUT2D eigenvalue weighted by Crippen LogP contribution is -2.05. The molecule has 112 valence electrons. The molecule has 0 radical (unpaired) electrons. The Morgan fingerprint density at radius 2 is 1.95 bits per heavy atom. The average Bonchev–Trinajstić information content (AvgIpc) is 2.42. The Balaban J connectivity index is 2.15. The molecule has 3 nitrogen and oxygen atoms in total. The van der Waals surface area contributed by atoms with Crippen LogP contribution in [0.5, 0.6) is 11.6 Å². The molecule has 0 aliphatic carbocycles. The van der Waals surface area contributed by atoms with Gasteiger partial charge in [-0.1, -0.05) is 17.7 Å². The summed E-state index contributed by atoms with van der Waals surface area (Å²) in [6.07, 6.45) is -3.03. The van der Waals surface area contributed by atoms with Crippen LogP contribution >= 0.6 is 11.6 Å². The second-order valence-electron chi connectivity index (χ2n) is 4.29. The molecule has 2 aromatic rings. The van der Waals surface area contributed by atoms with Crippen LogP contribution in [0.3, 0.4) is 0 Å². The third-order valence-corrected chi connectivity index (χ3v) is 3.00. The molecule has 0 spiro atoms. The van der Waals surface area contributed by atoms with Gasteiger partial charge in [-0.15, -0.1) is 0 Å². The molecule has 0 bridgehead atoms. The van der Waals surface area contributed by atoms with E-state index in [1.54, 1.807) is 18.2 Å². The lowest BCUT2D eigenvalue weighted by Gasteiger charge is -2.10. The van der Waals surface area contributed by atoms with Crippen molar-refractivity contribution >= 4 is 11.6 Å². The lowest BCUT2D eigenvalue weighted by molar-refractivity contribution is -0.137. The summed E-state index contributed by atoms with van der Waals surface area (Å²) in [5.41, 5.74) is 5.57. The van der Waals surface area contributed by atoms with Crippen LogP contribution in [0.4, 0.5) is 13.2 Å². The molecule has 2 N–H and O–H groups in total. The minimum absolute atomic E-state index is 0.0384.